The first-order valence-corrected chi connectivity index (χ1v) is 8.83. The summed E-state index contributed by atoms with van der Waals surface area (Å²) in [4.78, 5) is 16.5. The van der Waals surface area contributed by atoms with Crippen molar-refractivity contribution in [3.63, 3.8) is 0 Å². The van der Waals surface area contributed by atoms with Crippen LogP contribution in [0, 0.1) is 22.7 Å². The molecule has 5 nitrogen and oxygen atoms in total. The number of rotatable bonds is 5. The second-order valence-corrected chi connectivity index (χ2v) is 6.91. The molecule has 0 spiro atoms. The number of allylic oxidation sites excluding steroid dienone is 4. The van der Waals surface area contributed by atoms with Crippen LogP contribution in [0.1, 0.15) is 32.4 Å². The molecule has 1 aliphatic heterocycles. The number of methoxy groups -OCH3 is 1. The standard InChI is InChI=1S/C21H23N3O2/c1-4-14-9-15-5-6-16(10-19(15)24-20(14)25)21(2,13-22)12-17-11-18(26-3)7-8-23-17/h6-11,15H,4-5,12H2,1-3H3,(H,24,25). The molecule has 26 heavy (non-hydrogen) atoms. The number of fused-ring (bicyclic) bond motifs is 1. The van der Waals surface area contributed by atoms with E-state index in [9.17, 15) is 10.1 Å². The van der Waals surface area contributed by atoms with Gasteiger partial charge >= 0.3 is 0 Å². The minimum absolute atomic E-state index is 0.0376. The Bertz CT molecular complexity index is 860. The third-order valence-electron chi connectivity index (χ3n) is 5.08. The maximum absolute atomic E-state index is 12.1. The molecule has 1 aliphatic carbocycles. The molecule has 0 saturated heterocycles. The van der Waals surface area contributed by atoms with E-state index in [1.165, 1.54) is 0 Å². The van der Waals surface area contributed by atoms with Crippen LogP contribution in [0.15, 0.2) is 53.4 Å². The van der Waals surface area contributed by atoms with Crippen LogP contribution in [-0.4, -0.2) is 18.0 Å². The van der Waals surface area contributed by atoms with E-state index in [1.54, 1.807) is 19.4 Å². The number of nitrogens with zero attached hydrogens (tertiary/aromatic N) is 2. The van der Waals surface area contributed by atoms with Gasteiger partial charge in [-0.25, -0.2) is 0 Å². The highest BCUT2D eigenvalue weighted by atomic mass is 16.5. The monoisotopic (exact) mass is 349 g/mol. The lowest BCUT2D eigenvalue weighted by Gasteiger charge is -2.31. The van der Waals surface area contributed by atoms with Crippen molar-refractivity contribution in [1.82, 2.24) is 10.3 Å². The van der Waals surface area contributed by atoms with Crippen molar-refractivity contribution < 1.29 is 9.53 Å². The first kappa shape index (κ1) is 17.9. The Morgan fingerprint density at radius 2 is 2.31 bits per heavy atom. The van der Waals surface area contributed by atoms with E-state index in [0.717, 1.165) is 41.1 Å². The van der Waals surface area contributed by atoms with Crippen molar-refractivity contribution in [2.24, 2.45) is 11.3 Å². The van der Waals surface area contributed by atoms with Crippen molar-refractivity contribution >= 4 is 5.91 Å². The predicted octanol–water partition coefficient (Wildman–Crippen LogP) is 3.46. The van der Waals surface area contributed by atoms with Gasteiger partial charge in [-0.05, 0) is 37.5 Å². The number of ether oxygens (including phenoxy) is 1. The molecule has 5 heteroatoms. The normalized spacial score (nSPS) is 21.2. The van der Waals surface area contributed by atoms with Gasteiger partial charge in [-0.15, -0.1) is 0 Å². The predicted molar refractivity (Wildman–Crippen MR) is 99.0 cm³/mol. The molecule has 2 aliphatic rings. The summed E-state index contributed by atoms with van der Waals surface area (Å²) in [5.74, 6) is 0.872. The largest absolute Gasteiger partial charge is 0.497 e. The van der Waals surface area contributed by atoms with Gasteiger partial charge in [0, 0.05) is 41.6 Å². The van der Waals surface area contributed by atoms with E-state index < -0.39 is 5.41 Å². The third kappa shape index (κ3) is 3.41. The summed E-state index contributed by atoms with van der Waals surface area (Å²) in [5, 5.41) is 12.9. The van der Waals surface area contributed by atoms with Crippen molar-refractivity contribution in [2.45, 2.75) is 33.1 Å². The quantitative estimate of drug-likeness (QED) is 0.883. The SMILES string of the molecule is CCC1=CC2CC=C(C(C)(C#N)Cc3cc(OC)ccn3)C=C2NC1=O. The lowest BCUT2D eigenvalue weighted by molar-refractivity contribution is -0.117. The van der Waals surface area contributed by atoms with Gasteiger partial charge in [0.25, 0.3) is 5.91 Å². The minimum atomic E-state index is -0.725. The number of carbonyl (C=O) groups is 1. The van der Waals surface area contributed by atoms with Gasteiger partial charge in [0.2, 0.25) is 0 Å². The van der Waals surface area contributed by atoms with Gasteiger partial charge in [-0.2, -0.15) is 5.26 Å². The highest BCUT2D eigenvalue weighted by molar-refractivity contribution is 5.96. The summed E-state index contributed by atoms with van der Waals surface area (Å²) < 4.78 is 5.25. The second-order valence-electron chi connectivity index (χ2n) is 6.91. The Balaban J connectivity index is 1.87. The maximum atomic E-state index is 12.1. The highest BCUT2D eigenvalue weighted by Crippen LogP contribution is 2.38. The maximum Gasteiger partial charge on any atom is 0.251 e. The molecular weight excluding hydrogens is 326 g/mol. The number of nitriles is 1. The number of hydrogen-bond acceptors (Lipinski definition) is 4. The zero-order valence-electron chi connectivity index (χ0n) is 15.4. The summed E-state index contributed by atoms with van der Waals surface area (Å²) in [7, 11) is 1.61. The first-order chi connectivity index (χ1) is 12.5. The van der Waals surface area contributed by atoms with Crippen LogP contribution >= 0.6 is 0 Å². The van der Waals surface area contributed by atoms with E-state index in [4.69, 9.17) is 4.74 Å². The Morgan fingerprint density at radius 3 is 3.00 bits per heavy atom. The van der Waals surface area contributed by atoms with Crippen molar-refractivity contribution in [2.75, 3.05) is 7.11 Å². The molecule has 2 atom stereocenters. The van der Waals surface area contributed by atoms with Gasteiger partial charge in [0.15, 0.2) is 0 Å². The number of carbonyl (C=O) groups excluding carboxylic acids is 1. The Labute approximate surface area is 154 Å². The molecule has 0 radical (unpaired) electrons. The van der Waals surface area contributed by atoms with Gasteiger partial charge in [-0.1, -0.05) is 19.1 Å². The highest BCUT2D eigenvalue weighted by Gasteiger charge is 2.33. The smallest absolute Gasteiger partial charge is 0.251 e. The van der Waals surface area contributed by atoms with Crippen molar-refractivity contribution in [3.8, 4) is 11.8 Å². The second kappa shape index (κ2) is 7.17. The van der Waals surface area contributed by atoms with E-state index in [0.29, 0.717) is 6.42 Å². The molecule has 0 fully saturated rings. The fraction of sp³-hybridized carbons (Fsp3) is 0.381. The lowest BCUT2D eigenvalue weighted by Crippen LogP contribution is -2.34. The molecule has 1 amide bonds. The van der Waals surface area contributed by atoms with Crippen LogP contribution in [0.3, 0.4) is 0 Å². The molecular formula is C21H23N3O2. The van der Waals surface area contributed by atoms with E-state index in [2.05, 4.69) is 22.4 Å². The van der Waals surface area contributed by atoms with Crippen LogP contribution in [0.2, 0.25) is 0 Å². The lowest BCUT2D eigenvalue weighted by atomic mass is 9.74. The number of aromatic nitrogens is 1. The number of pyridine rings is 1. The molecule has 3 rings (SSSR count). The molecule has 2 heterocycles. The molecule has 2 unspecified atom stereocenters. The fourth-order valence-electron chi connectivity index (χ4n) is 3.44. The van der Waals surface area contributed by atoms with Gasteiger partial charge in [0.1, 0.15) is 5.75 Å². The Hall–Kier alpha value is -2.87. The molecule has 1 aromatic heterocycles. The number of nitrogens with one attached hydrogen (secondary N) is 1. The minimum Gasteiger partial charge on any atom is -0.497 e. The molecule has 0 saturated carbocycles. The topological polar surface area (TPSA) is 75.0 Å². The van der Waals surface area contributed by atoms with Gasteiger partial charge in [0.05, 0.1) is 18.6 Å². The third-order valence-corrected chi connectivity index (χ3v) is 5.08. The van der Waals surface area contributed by atoms with E-state index in [-0.39, 0.29) is 11.8 Å². The van der Waals surface area contributed by atoms with Crippen LogP contribution in [0.4, 0.5) is 0 Å². The van der Waals surface area contributed by atoms with Crippen LogP contribution in [0.5, 0.6) is 5.75 Å². The Morgan fingerprint density at radius 1 is 1.50 bits per heavy atom. The van der Waals surface area contributed by atoms with Crippen LogP contribution in [0.25, 0.3) is 0 Å². The molecule has 134 valence electrons. The zero-order valence-corrected chi connectivity index (χ0v) is 15.4. The van der Waals surface area contributed by atoms with E-state index in [1.807, 2.05) is 32.1 Å². The summed E-state index contributed by atoms with van der Waals surface area (Å²) in [6, 6.07) is 6.08. The summed E-state index contributed by atoms with van der Waals surface area (Å²) in [6.07, 6.45) is 9.79. The van der Waals surface area contributed by atoms with Crippen molar-refractivity contribution in [3.05, 3.63) is 59.1 Å². The van der Waals surface area contributed by atoms with Crippen LogP contribution in [-0.2, 0) is 11.2 Å². The molecule has 1 N–H and O–H groups in total. The summed E-state index contributed by atoms with van der Waals surface area (Å²) in [6.45, 7) is 3.90. The summed E-state index contributed by atoms with van der Waals surface area (Å²) in [5.41, 5.74) is 2.70. The average Bonchev–Trinajstić information content (AvgIpc) is 2.67. The molecule has 0 aromatic carbocycles. The van der Waals surface area contributed by atoms with Gasteiger partial charge < -0.3 is 10.1 Å². The Kier molecular flexibility index (Phi) is 4.94. The number of amides is 1. The zero-order chi connectivity index (χ0) is 18.7. The fourth-order valence-corrected chi connectivity index (χ4v) is 3.44. The summed E-state index contributed by atoms with van der Waals surface area (Å²) >= 11 is 0. The average molecular weight is 349 g/mol. The molecule has 1 aromatic rings. The van der Waals surface area contributed by atoms with Crippen molar-refractivity contribution in [1.29, 1.82) is 5.26 Å². The van der Waals surface area contributed by atoms with Gasteiger partial charge in [-0.3, -0.25) is 9.78 Å². The number of hydrogen-bond donors (Lipinski definition) is 1. The molecule has 0 bridgehead atoms. The van der Waals surface area contributed by atoms with E-state index >= 15 is 0 Å². The first-order valence-electron chi connectivity index (χ1n) is 8.83. The van der Waals surface area contributed by atoms with Crippen LogP contribution < -0.4 is 10.1 Å².